The molecule has 0 saturated heterocycles. The Bertz CT molecular complexity index is 632. The monoisotopic (exact) mass is 469 g/mol. The number of halogens is 1. The Morgan fingerprint density at radius 2 is 1.41 bits per heavy atom. The van der Waals surface area contributed by atoms with Crippen molar-refractivity contribution in [2.75, 3.05) is 0 Å². The maximum absolute atomic E-state index is 5.00. The van der Waals surface area contributed by atoms with Gasteiger partial charge >= 0.3 is 0 Å². The Labute approximate surface area is 183 Å². The van der Waals surface area contributed by atoms with Crippen LogP contribution in [0.2, 0.25) is 0 Å². The van der Waals surface area contributed by atoms with Crippen molar-refractivity contribution >= 4 is 38.6 Å². The van der Waals surface area contributed by atoms with Crippen LogP contribution < -0.4 is 0 Å². The SMILES string of the molecule is CCCCCCCCc1ccsc1-c1nc(CCCCCCCC)c(Br)s1. The van der Waals surface area contributed by atoms with Gasteiger partial charge in [-0.25, -0.2) is 4.98 Å². The number of aromatic nitrogens is 1. The van der Waals surface area contributed by atoms with E-state index in [1.165, 1.54) is 108 Å². The topological polar surface area (TPSA) is 12.9 Å². The highest BCUT2D eigenvalue weighted by atomic mass is 79.9. The van der Waals surface area contributed by atoms with E-state index >= 15 is 0 Å². The molecular formula is C23H36BrNS2. The smallest absolute Gasteiger partial charge is 0.135 e. The van der Waals surface area contributed by atoms with Crippen molar-refractivity contribution in [1.82, 2.24) is 4.98 Å². The first-order valence-corrected chi connectivity index (χ1v) is 13.5. The maximum atomic E-state index is 5.00. The Balaban J connectivity index is 1.81. The predicted octanol–water partition coefficient (Wildman–Crippen LogP) is 9.44. The van der Waals surface area contributed by atoms with Crippen LogP contribution in [0.25, 0.3) is 9.88 Å². The molecule has 0 bridgehead atoms. The van der Waals surface area contributed by atoms with Gasteiger partial charge in [0.25, 0.3) is 0 Å². The van der Waals surface area contributed by atoms with Gasteiger partial charge in [0.2, 0.25) is 0 Å². The number of nitrogens with zero attached hydrogens (tertiary/aromatic N) is 1. The van der Waals surface area contributed by atoms with Crippen LogP contribution in [0, 0.1) is 0 Å². The van der Waals surface area contributed by atoms with E-state index in [-0.39, 0.29) is 0 Å². The van der Waals surface area contributed by atoms with Crippen LogP contribution in [0.4, 0.5) is 0 Å². The number of unbranched alkanes of at least 4 members (excludes halogenated alkanes) is 10. The summed E-state index contributed by atoms with van der Waals surface area (Å²) < 4.78 is 1.24. The third-order valence-corrected chi connectivity index (χ3v) is 8.10. The number of thiazole rings is 1. The van der Waals surface area contributed by atoms with Crippen molar-refractivity contribution in [2.45, 2.75) is 104 Å². The number of hydrogen-bond acceptors (Lipinski definition) is 3. The molecule has 0 amide bonds. The average Bonchev–Trinajstić information content (AvgIpc) is 3.27. The van der Waals surface area contributed by atoms with Crippen molar-refractivity contribution in [3.05, 3.63) is 26.5 Å². The lowest BCUT2D eigenvalue weighted by Crippen LogP contribution is -1.89. The van der Waals surface area contributed by atoms with E-state index in [1.807, 2.05) is 22.7 Å². The van der Waals surface area contributed by atoms with E-state index in [9.17, 15) is 0 Å². The number of thiophene rings is 1. The fraction of sp³-hybridized carbons (Fsp3) is 0.696. The number of rotatable bonds is 15. The first-order chi connectivity index (χ1) is 13.3. The fourth-order valence-electron chi connectivity index (χ4n) is 3.47. The molecule has 0 fully saturated rings. The lowest BCUT2D eigenvalue weighted by molar-refractivity contribution is 0.605. The molecule has 2 aromatic rings. The van der Waals surface area contributed by atoms with Gasteiger partial charge in [-0.15, -0.1) is 22.7 Å². The second-order valence-electron chi connectivity index (χ2n) is 7.55. The summed E-state index contributed by atoms with van der Waals surface area (Å²) in [6.45, 7) is 4.56. The molecule has 0 aromatic carbocycles. The minimum Gasteiger partial charge on any atom is -0.239 e. The largest absolute Gasteiger partial charge is 0.239 e. The highest BCUT2D eigenvalue weighted by Crippen LogP contribution is 2.38. The standard InChI is InChI=1S/C23H36BrNS2/c1-3-5-7-9-11-13-15-19-17-18-26-21(19)23-25-20(22(24)27-23)16-14-12-10-8-6-4-2/h17-18H,3-16H2,1-2H3. The molecule has 0 aliphatic carbocycles. The van der Waals surface area contributed by atoms with E-state index in [0.29, 0.717) is 0 Å². The van der Waals surface area contributed by atoms with Gasteiger partial charge in [-0.2, -0.15) is 0 Å². The minimum absolute atomic E-state index is 1.11. The van der Waals surface area contributed by atoms with Crippen LogP contribution >= 0.6 is 38.6 Å². The van der Waals surface area contributed by atoms with Crippen molar-refractivity contribution in [3.8, 4) is 9.88 Å². The Kier molecular flexibility index (Phi) is 11.9. The molecule has 2 aromatic heterocycles. The summed E-state index contributed by atoms with van der Waals surface area (Å²) in [5, 5.41) is 3.46. The minimum atomic E-state index is 1.11. The molecule has 0 N–H and O–H groups in total. The molecule has 2 rings (SSSR count). The van der Waals surface area contributed by atoms with Crippen LogP contribution in [0.1, 0.15) is 102 Å². The van der Waals surface area contributed by atoms with E-state index in [0.717, 1.165) is 6.42 Å². The molecule has 0 atom stereocenters. The Morgan fingerprint density at radius 3 is 2.07 bits per heavy atom. The zero-order chi connectivity index (χ0) is 19.3. The van der Waals surface area contributed by atoms with Gasteiger partial charge in [-0.3, -0.25) is 0 Å². The van der Waals surface area contributed by atoms with Crippen LogP contribution in [-0.4, -0.2) is 4.98 Å². The normalized spacial score (nSPS) is 11.4. The summed E-state index contributed by atoms with van der Waals surface area (Å²) in [4.78, 5) is 6.40. The third kappa shape index (κ3) is 8.37. The van der Waals surface area contributed by atoms with Gasteiger partial charge in [0.15, 0.2) is 0 Å². The molecule has 4 heteroatoms. The van der Waals surface area contributed by atoms with Gasteiger partial charge < -0.3 is 0 Å². The molecule has 0 unspecified atom stereocenters. The van der Waals surface area contributed by atoms with Gasteiger partial charge in [0.05, 0.1) is 14.4 Å². The Hall–Kier alpha value is -0.190. The average molecular weight is 471 g/mol. The molecule has 1 nitrogen and oxygen atoms in total. The summed E-state index contributed by atoms with van der Waals surface area (Å²) >= 11 is 7.46. The molecule has 0 aliphatic heterocycles. The van der Waals surface area contributed by atoms with Gasteiger partial charge in [-0.05, 0) is 58.6 Å². The first kappa shape index (κ1) is 23.1. The van der Waals surface area contributed by atoms with Crippen molar-refractivity contribution in [1.29, 1.82) is 0 Å². The van der Waals surface area contributed by atoms with Crippen LogP contribution in [0.15, 0.2) is 15.2 Å². The van der Waals surface area contributed by atoms with E-state index in [4.69, 9.17) is 4.98 Å². The van der Waals surface area contributed by atoms with E-state index in [2.05, 4.69) is 41.2 Å². The quantitative estimate of drug-likeness (QED) is 0.236. The second-order valence-corrected chi connectivity index (χ2v) is 10.8. The highest BCUT2D eigenvalue weighted by molar-refractivity contribution is 9.11. The number of aryl methyl sites for hydroxylation is 2. The zero-order valence-corrected chi connectivity index (χ0v) is 20.4. The second kappa shape index (κ2) is 13.9. The molecule has 0 radical (unpaired) electrons. The molecule has 2 heterocycles. The van der Waals surface area contributed by atoms with Gasteiger partial charge in [-0.1, -0.05) is 78.1 Å². The lowest BCUT2D eigenvalue weighted by atomic mass is 10.1. The predicted molar refractivity (Wildman–Crippen MR) is 127 cm³/mol. The first-order valence-electron chi connectivity index (χ1n) is 11.0. The van der Waals surface area contributed by atoms with Gasteiger partial charge in [0.1, 0.15) is 5.01 Å². The Morgan fingerprint density at radius 1 is 0.815 bits per heavy atom. The lowest BCUT2D eigenvalue weighted by Gasteiger charge is -2.02. The molecule has 27 heavy (non-hydrogen) atoms. The summed E-state index contributed by atoms with van der Waals surface area (Å²) in [5.74, 6) is 0. The van der Waals surface area contributed by atoms with E-state index in [1.54, 1.807) is 0 Å². The maximum Gasteiger partial charge on any atom is 0.135 e. The summed E-state index contributed by atoms with van der Waals surface area (Å²) in [7, 11) is 0. The van der Waals surface area contributed by atoms with Crippen molar-refractivity contribution < 1.29 is 0 Å². The van der Waals surface area contributed by atoms with E-state index < -0.39 is 0 Å². The van der Waals surface area contributed by atoms with Crippen molar-refractivity contribution in [2.24, 2.45) is 0 Å². The molecular weight excluding hydrogens is 434 g/mol. The molecule has 0 spiro atoms. The van der Waals surface area contributed by atoms with Crippen LogP contribution in [0.5, 0.6) is 0 Å². The summed E-state index contributed by atoms with van der Waals surface area (Å²) in [6.07, 6.45) is 18.5. The highest BCUT2D eigenvalue weighted by Gasteiger charge is 2.14. The third-order valence-electron chi connectivity index (χ3n) is 5.16. The van der Waals surface area contributed by atoms with Crippen LogP contribution in [-0.2, 0) is 12.8 Å². The summed E-state index contributed by atoms with van der Waals surface area (Å²) in [6, 6.07) is 2.31. The fourth-order valence-corrected chi connectivity index (χ4v) is 6.14. The molecule has 152 valence electrons. The summed E-state index contributed by atoms with van der Waals surface area (Å²) in [5.41, 5.74) is 2.77. The van der Waals surface area contributed by atoms with Crippen LogP contribution in [0.3, 0.4) is 0 Å². The molecule has 0 saturated carbocycles. The van der Waals surface area contributed by atoms with Crippen molar-refractivity contribution in [3.63, 3.8) is 0 Å². The molecule has 0 aliphatic rings. The zero-order valence-electron chi connectivity index (χ0n) is 17.2. The van der Waals surface area contributed by atoms with Gasteiger partial charge in [0, 0.05) is 0 Å². The number of hydrogen-bond donors (Lipinski definition) is 0.